The number of aliphatic carboxylic acids is 1. The number of rotatable bonds is 7. The molecule has 21 heavy (non-hydrogen) atoms. The van der Waals surface area contributed by atoms with Crippen LogP contribution >= 0.6 is 0 Å². The van der Waals surface area contributed by atoms with E-state index in [1.54, 1.807) is 18.2 Å². The zero-order valence-electron chi connectivity index (χ0n) is 12.6. The van der Waals surface area contributed by atoms with E-state index < -0.39 is 5.97 Å². The van der Waals surface area contributed by atoms with Gasteiger partial charge in [0.1, 0.15) is 5.75 Å². The van der Waals surface area contributed by atoms with Gasteiger partial charge in [-0.05, 0) is 37.6 Å². The molecule has 1 unspecified atom stereocenters. The minimum Gasteiger partial charge on any atom is -0.496 e. The van der Waals surface area contributed by atoms with Crippen molar-refractivity contribution in [3.05, 3.63) is 35.4 Å². The molecule has 114 valence electrons. The van der Waals surface area contributed by atoms with Gasteiger partial charge in [-0.25, -0.2) is 4.79 Å². The molecule has 1 amide bonds. The number of methoxy groups -OCH3 is 1. The summed E-state index contributed by atoms with van der Waals surface area (Å²) in [5.74, 6) is -0.710. The van der Waals surface area contributed by atoms with Gasteiger partial charge in [-0.2, -0.15) is 0 Å². The molecular formula is C16H21NO4. The Labute approximate surface area is 124 Å². The molecule has 1 atom stereocenters. The summed E-state index contributed by atoms with van der Waals surface area (Å²) in [7, 11) is 1.50. The van der Waals surface area contributed by atoms with Crippen molar-refractivity contribution in [2.24, 2.45) is 0 Å². The van der Waals surface area contributed by atoms with E-state index in [0.29, 0.717) is 16.9 Å². The molecule has 0 saturated carbocycles. The number of hydrogen-bond donors (Lipinski definition) is 2. The molecule has 0 heterocycles. The quantitative estimate of drug-likeness (QED) is 0.757. The highest BCUT2D eigenvalue weighted by molar-refractivity contribution is 5.95. The average molecular weight is 291 g/mol. The normalized spacial score (nSPS) is 12.1. The van der Waals surface area contributed by atoms with Gasteiger partial charge in [-0.15, -0.1) is 0 Å². The third-order valence-electron chi connectivity index (χ3n) is 3.00. The van der Waals surface area contributed by atoms with E-state index in [9.17, 15) is 9.59 Å². The Morgan fingerprint density at radius 1 is 1.43 bits per heavy atom. The van der Waals surface area contributed by atoms with Crippen LogP contribution in [0, 0.1) is 0 Å². The lowest BCUT2D eigenvalue weighted by atomic mass is 10.1. The first kappa shape index (κ1) is 16.8. The van der Waals surface area contributed by atoms with Crippen molar-refractivity contribution in [2.45, 2.75) is 32.7 Å². The maximum atomic E-state index is 12.1. The first-order valence-corrected chi connectivity index (χ1v) is 6.87. The zero-order valence-corrected chi connectivity index (χ0v) is 12.6. The Morgan fingerprint density at radius 3 is 2.71 bits per heavy atom. The Bertz CT molecular complexity index is 537. The van der Waals surface area contributed by atoms with Crippen LogP contribution < -0.4 is 10.1 Å². The molecule has 0 aliphatic heterocycles. The molecule has 0 radical (unpaired) electrons. The van der Waals surface area contributed by atoms with Gasteiger partial charge in [0.15, 0.2) is 0 Å². The molecule has 0 spiro atoms. The second kappa shape index (κ2) is 8.09. The molecule has 1 rings (SSSR count). The van der Waals surface area contributed by atoms with Crippen LogP contribution in [0.5, 0.6) is 5.75 Å². The van der Waals surface area contributed by atoms with Gasteiger partial charge in [-0.3, -0.25) is 4.79 Å². The van der Waals surface area contributed by atoms with E-state index in [1.165, 1.54) is 13.2 Å². The van der Waals surface area contributed by atoms with Crippen molar-refractivity contribution in [3.63, 3.8) is 0 Å². The fraction of sp³-hybridized carbons (Fsp3) is 0.375. The number of benzene rings is 1. The lowest BCUT2D eigenvalue weighted by Gasteiger charge is -2.13. The molecule has 0 aliphatic rings. The fourth-order valence-electron chi connectivity index (χ4n) is 1.98. The van der Waals surface area contributed by atoms with E-state index in [1.807, 2.05) is 6.92 Å². The van der Waals surface area contributed by atoms with E-state index in [-0.39, 0.29) is 11.9 Å². The van der Waals surface area contributed by atoms with Crippen LogP contribution in [0.25, 0.3) is 6.08 Å². The van der Waals surface area contributed by atoms with Crippen molar-refractivity contribution in [1.82, 2.24) is 5.32 Å². The Hall–Kier alpha value is -2.30. The largest absolute Gasteiger partial charge is 0.496 e. The number of hydrogen-bond acceptors (Lipinski definition) is 3. The first-order valence-electron chi connectivity index (χ1n) is 6.87. The summed E-state index contributed by atoms with van der Waals surface area (Å²) in [6.45, 7) is 4.01. The molecule has 2 N–H and O–H groups in total. The van der Waals surface area contributed by atoms with E-state index in [0.717, 1.165) is 18.9 Å². The topological polar surface area (TPSA) is 75.6 Å². The maximum Gasteiger partial charge on any atom is 0.328 e. The number of carbonyl (C=O) groups is 2. The summed E-state index contributed by atoms with van der Waals surface area (Å²) in [4.78, 5) is 22.7. The van der Waals surface area contributed by atoms with Crippen LogP contribution in [0.3, 0.4) is 0 Å². The second-order valence-electron chi connectivity index (χ2n) is 4.79. The third-order valence-corrected chi connectivity index (χ3v) is 3.00. The van der Waals surface area contributed by atoms with Crippen molar-refractivity contribution >= 4 is 18.0 Å². The van der Waals surface area contributed by atoms with Crippen molar-refractivity contribution in [2.75, 3.05) is 7.11 Å². The maximum absolute atomic E-state index is 12.1. The highest BCUT2D eigenvalue weighted by Crippen LogP contribution is 2.21. The van der Waals surface area contributed by atoms with Crippen LogP contribution in [0.15, 0.2) is 24.3 Å². The monoisotopic (exact) mass is 291 g/mol. The van der Waals surface area contributed by atoms with Crippen LogP contribution in [0.4, 0.5) is 0 Å². The van der Waals surface area contributed by atoms with Gasteiger partial charge in [0, 0.05) is 23.2 Å². The number of carboxylic acids is 1. The molecule has 0 fully saturated rings. The summed E-state index contributed by atoms with van der Waals surface area (Å²) in [6.07, 6.45) is 4.33. The Balaban J connectivity index is 2.96. The highest BCUT2D eigenvalue weighted by Gasteiger charge is 2.11. The minimum absolute atomic E-state index is 0.0996. The summed E-state index contributed by atoms with van der Waals surface area (Å²) < 4.78 is 5.16. The van der Waals surface area contributed by atoms with Gasteiger partial charge < -0.3 is 15.2 Å². The van der Waals surface area contributed by atoms with Crippen LogP contribution in [-0.2, 0) is 4.79 Å². The fourth-order valence-corrected chi connectivity index (χ4v) is 1.98. The zero-order chi connectivity index (χ0) is 15.8. The van der Waals surface area contributed by atoms with Gasteiger partial charge >= 0.3 is 5.97 Å². The van der Waals surface area contributed by atoms with Gasteiger partial charge in [0.05, 0.1) is 7.11 Å². The number of carboxylic acid groups (broad SMARTS) is 1. The Morgan fingerprint density at radius 2 is 2.14 bits per heavy atom. The van der Waals surface area contributed by atoms with E-state index >= 15 is 0 Å². The Kier molecular flexibility index (Phi) is 6.46. The minimum atomic E-state index is -1.05. The lowest BCUT2D eigenvalue weighted by molar-refractivity contribution is -0.131. The van der Waals surface area contributed by atoms with Crippen molar-refractivity contribution in [3.8, 4) is 5.75 Å². The average Bonchev–Trinajstić information content (AvgIpc) is 2.44. The SMILES string of the molecule is CCCC(C)NC(=O)c1ccc(OC)c(C=CC(=O)O)c1. The van der Waals surface area contributed by atoms with E-state index in [2.05, 4.69) is 12.2 Å². The summed E-state index contributed by atoms with van der Waals surface area (Å²) >= 11 is 0. The molecule has 0 bridgehead atoms. The molecule has 5 heteroatoms. The van der Waals surface area contributed by atoms with Crippen molar-refractivity contribution in [1.29, 1.82) is 0 Å². The van der Waals surface area contributed by atoms with E-state index in [4.69, 9.17) is 9.84 Å². The molecule has 0 aliphatic carbocycles. The van der Waals surface area contributed by atoms with Gasteiger partial charge in [-0.1, -0.05) is 13.3 Å². The van der Waals surface area contributed by atoms with Crippen LogP contribution in [-0.4, -0.2) is 30.1 Å². The number of carbonyl (C=O) groups excluding carboxylic acids is 1. The lowest BCUT2D eigenvalue weighted by Crippen LogP contribution is -2.32. The molecule has 5 nitrogen and oxygen atoms in total. The van der Waals surface area contributed by atoms with Gasteiger partial charge in [0.25, 0.3) is 5.91 Å². The van der Waals surface area contributed by atoms with Crippen molar-refractivity contribution < 1.29 is 19.4 Å². The predicted molar refractivity (Wildman–Crippen MR) is 81.5 cm³/mol. The highest BCUT2D eigenvalue weighted by atomic mass is 16.5. The molecule has 0 saturated heterocycles. The summed E-state index contributed by atoms with van der Waals surface area (Å²) in [5.41, 5.74) is 1.03. The van der Waals surface area contributed by atoms with Crippen LogP contribution in [0.2, 0.25) is 0 Å². The number of nitrogens with one attached hydrogen (secondary N) is 1. The predicted octanol–water partition coefficient (Wildman–Crippen LogP) is 2.71. The molecule has 0 aromatic heterocycles. The number of ether oxygens (including phenoxy) is 1. The summed E-state index contributed by atoms with van der Waals surface area (Å²) in [6, 6.07) is 5.03. The molecule has 1 aromatic carbocycles. The van der Waals surface area contributed by atoms with Gasteiger partial charge in [0.2, 0.25) is 0 Å². The first-order chi connectivity index (χ1) is 9.97. The third kappa shape index (κ3) is 5.30. The second-order valence-corrected chi connectivity index (χ2v) is 4.79. The smallest absolute Gasteiger partial charge is 0.328 e. The molecular weight excluding hydrogens is 270 g/mol. The van der Waals surface area contributed by atoms with Crippen LogP contribution in [0.1, 0.15) is 42.6 Å². The number of amides is 1. The summed E-state index contributed by atoms with van der Waals surface area (Å²) in [5, 5.41) is 11.6. The standard InChI is InChI=1S/C16H21NO4/c1-4-5-11(2)17-16(20)13-6-8-14(21-3)12(10-13)7-9-15(18)19/h6-11H,4-5H2,1-3H3,(H,17,20)(H,18,19). The molecule has 1 aromatic rings.